The van der Waals surface area contributed by atoms with E-state index in [0.29, 0.717) is 12.1 Å². The highest BCUT2D eigenvalue weighted by atomic mass is 35.5. The normalized spacial score (nSPS) is 13.2. The lowest BCUT2D eigenvalue weighted by molar-refractivity contribution is 0.0941. The van der Waals surface area contributed by atoms with Gasteiger partial charge in [0.1, 0.15) is 5.75 Å². The second-order valence-electron chi connectivity index (χ2n) is 10.6. The van der Waals surface area contributed by atoms with E-state index in [4.69, 9.17) is 16.3 Å². The molecule has 0 spiro atoms. The number of amides is 3. The van der Waals surface area contributed by atoms with Crippen LogP contribution >= 0.6 is 11.6 Å². The Morgan fingerprint density at radius 1 is 0.977 bits per heavy atom. The summed E-state index contributed by atoms with van der Waals surface area (Å²) in [5.41, 5.74) is 11.3. The van der Waals surface area contributed by atoms with Gasteiger partial charge >= 0.3 is 6.03 Å². The molecule has 1 unspecified atom stereocenters. The molecule has 43 heavy (non-hydrogen) atoms. The number of methoxy groups -OCH3 is 1. The average molecular weight is 599 g/mol. The van der Waals surface area contributed by atoms with E-state index < -0.39 is 6.03 Å². The van der Waals surface area contributed by atoms with Crippen LogP contribution in [-0.4, -0.2) is 49.6 Å². The third-order valence-corrected chi connectivity index (χ3v) is 7.94. The molecular weight excluding hydrogens is 564 g/mol. The quantitative estimate of drug-likeness (QED) is 0.195. The summed E-state index contributed by atoms with van der Waals surface area (Å²) < 4.78 is 5.25. The summed E-state index contributed by atoms with van der Waals surface area (Å²) in [7, 11) is 5.53. The Morgan fingerprint density at radius 3 is 2.19 bits per heavy atom. The molecule has 0 fully saturated rings. The van der Waals surface area contributed by atoms with Gasteiger partial charge in [0.2, 0.25) is 0 Å². The maximum atomic E-state index is 13.0. The fourth-order valence-electron chi connectivity index (χ4n) is 5.33. The summed E-state index contributed by atoms with van der Waals surface area (Å²) in [4.78, 5) is 32.3. The first-order valence-corrected chi connectivity index (χ1v) is 14.4. The van der Waals surface area contributed by atoms with Crippen LogP contribution in [0.1, 0.15) is 50.3 Å². The Labute approximate surface area is 256 Å². The van der Waals surface area contributed by atoms with Crippen molar-refractivity contribution in [1.82, 2.24) is 25.9 Å². The summed E-state index contributed by atoms with van der Waals surface area (Å²) in [6.45, 7) is 0.380. The van der Waals surface area contributed by atoms with E-state index >= 15 is 0 Å². The summed E-state index contributed by atoms with van der Waals surface area (Å²) in [6, 6.07) is 24.8. The van der Waals surface area contributed by atoms with Crippen molar-refractivity contribution in [2.24, 2.45) is 0 Å². The summed E-state index contributed by atoms with van der Waals surface area (Å²) in [5.74, 6) is 0.684. The Morgan fingerprint density at radius 2 is 1.60 bits per heavy atom. The molecule has 4 N–H and O–H groups in total. The highest BCUT2D eigenvalue weighted by Crippen LogP contribution is 2.32. The van der Waals surface area contributed by atoms with Crippen molar-refractivity contribution in [1.29, 1.82) is 0 Å². The van der Waals surface area contributed by atoms with Gasteiger partial charge in [-0.05, 0) is 73.0 Å². The number of hydrogen-bond acceptors (Lipinski definition) is 6. The number of likely N-dealkylation sites (N-methyl/N-ethyl adjacent to an activating group) is 1. The highest BCUT2D eigenvalue weighted by molar-refractivity contribution is 6.33. The molecule has 0 aliphatic heterocycles. The van der Waals surface area contributed by atoms with Crippen LogP contribution in [0.15, 0.2) is 85.1 Å². The predicted octanol–water partition coefficient (Wildman–Crippen LogP) is 5.29. The van der Waals surface area contributed by atoms with E-state index in [0.717, 1.165) is 35.3 Å². The fraction of sp³-hybridized carbons (Fsp3) is 0.242. The number of anilines is 1. The smallest absolute Gasteiger partial charge is 0.334 e. The molecule has 0 saturated carbocycles. The molecular formula is C33H35ClN6O3. The number of aromatic nitrogens is 1. The molecule has 3 aromatic carbocycles. The molecule has 3 amide bonds. The molecule has 10 heteroatoms. The van der Waals surface area contributed by atoms with Crippen molar-refractivity contribution in [2.45, 2.75) is 24.9 Å². The van der Waals surface area contributed by atoms with Crippen LogP contribution in [0, 0.1) is 0 Å². The number of benzene rings is 3. The number of rotatable bonds is 9. The SMILES string of the molecule is COc1ccc(C(CNC(=O)c2cnc(NNC(=O)NC3c4ccccc4CCc4ccccc43)c(Cl)c2)N(C)C)cc1. The van der Waals surface area contributed by atoms with Crippen molar-refractivity contribution in [2.75, 3.05) is 33.2 Å². The van der Waals surface area contributed by atoms with Crippen LogP contribution in [0.5, 0.6) is 5.75 Å². The van der Waals surface area contributed by atoms with E-state index in [1.165, 1.54) is 23.4 Å². The van der Waals surface area contributed by atoms with Gasteiger partial charge < -0.3 is 20.3 Å². The first-order chi connectivity index (χ1) is 20.8. The number of aryl methyl sites for hydroxylation is 2. The number of nitrogens with one attached hydrogen (secondary N) is 4. The third kappa shape index (κ3) is 7.07. The molecule has 1 aliphatic rings. The Kier molecular flexibility index (Phi) is 9.44. The molecule has 1 aromatic heterocycles. The number of pyridine rings is 1. The summed E-state index contributed by atoms with van der Waals surface area (Å²) >= 11 is 6.45. The van der Waals surface area contributed by atoms with Gasteiger partial charge in [-0.3, -0.25) is 15.6 Å². The van der Waals surface area contributed by atoms with Gasteiger partial charge in [-0.2, -0.15) is 0 Å². The first kappa shape index (κ1) is 29.9. The van der Waals surface area contributed by atoms with Gasteiger partial charge in [-0.15, -0.1) is 0 Å². The molecule has 0 saturated heterocycles. The second kappa shape index (κ2) is 13.6. The number of urea groups is 1. The Balaban J connectivity index is 1.20. The maximum absolute atomic E-state index is 13.0. The second-order valence-corrected chi connectivity index (χ2v) is 11.0. The monoisotopic (exact) mass is 598 g/mol. The van der Waals surface area contributed by atoms with Crippen LogP contribution in [0.2, 0.25) is 5.02 Å². The van der Waals surface area contributed by atoms with Crippen molar-refractivity contribution in [3.8, 4) is 5.75 Å². The third-order valence-electron chi connectivity index (χ3n) is 7.65. The number of hydrazine groups is 1. The summed E-state index contributed by atoms with van der Waals surface area (Å²) in [6.07, 6.45) is 3.23. The zero-order valence-corrected chi connectivity index (χ0v) is 25.1. The van der Waals surface area contributed by atoms with Gasteiger partial charge in [-0.1, -0.05) is 72.3 Å². The zero-order chi connectivity index (χ0) is 30.3. The van der Waals surface area contributed by atoms with Gasteiger partial charge in [-0.25, -0.2) is 9.78 Å². The molecule has 0 radical (unpaired) electrons. The topological polar surface area (TPSA) is 108 Å². The van der Waals surface area contributed by atoms with Gasteiger partial charge in [0.05, 0.1) is 29.8 Å². The zero-order valence-electron chi connectivity index (χ0n) is 24.4. The predicted molar refractivity (Wildman–Crippen MR) is 168 cm³/mol. The van der Waals surface area contributed by atoms with Crippen LogP contribution in [0.4, 0.5) is 10.6 Å². The number of nitrogens with zero attached hydrogens (tertiary/aromatic N) is 2. The Hall–Kier alpha value is -4.60. The van der Waals surface area contributed by atoms with Crippen molar-refractivity contribution < 1.29 is 14.3 Å². The van der Waals surface area contributed by atoms with E-state index in [-0.39, 0.29) is 28.8 Å². The molecule has 1 heterocycles. The van der Waals surface area contributed by atoms with Crippen molar-refractivity contribution in [3.63, 3.8) is 0 Å². The van der Waals surface area contributed by atoms with E-state index in [9.17, 15) is 9.59 Å². The Bertz CT molecular complexity index is 1550. The minimum absolute atomic E-state index is 0.0469. The number of carbonyl (C=O) groups excluding carboxylic acids is 2. The van der Waals surface area contributed by atoms with Crippen LogP contribution < -0.4 is 26.2 Å². The maximum Gasteiger partial charge on any atom is 0.334 e. The molecule has 1 aliphatic carbocycles. The van der Waals surface area contributed by atoms with Crippen LogP contribution in [-0.2, 0) is 12.8 Å². The number of fused-ring (bicyclic) bond motifs is 2. The van der Waals surface area contributed by atoms with Crippen LogP contribution in [0.25, 0.3) is 0 Å². The van der Waals surface area contributed by atoms with Crippen LogP contribution in [0.3, 0.4) is 0 Å². The summed E-state index contributed by atoms with van der Waals surface area (Å²) in [5, 5.41) is 6.24. The largest absolute Gasteiger partial charge is 0.497 e. The van der Waals surface area contributed by atoms with Crippen molar-refractivity contribution in [3.05, 3.63) is 123 Å². The molecule has 9 nitrogen and oxygen atoms in total. The molecule has 1 atom stereocenters. The van der Waals surface area contributed by atoms with E-state index in [1.807, 2.05) is 67.5 Å². The number of hydrogen-bond donors (Lipinski definition) is 4. The standard InChI is InChI=1S/C33H35ClN6O3/c1-40(2)29(23-14-16-25(43-3)17-15-23)20-36-32(41)24-18-28(34)31(35-19-24)38-39-33(42)37-30-26-10-6-4-8-21(26)12-13-22-9-5-7-11-27(22)30/h4-11,14-19,29-30H,12-13,20H2,1-3H3,(H,35,38)(H,36,41)(H2,37,39,42). The minimum atomic E-state index is -0.440. The minimum Gasteiger partial charge on any atom is -0.497 e. The number of ether oxygens (including phenoxy) is 1. The average Bonchev–Trinajstić information content (AvgIpc) is 3.17. The molecule has 4 aromatic rings. The fourth-order valence-corrected chi connectivity index (χ4v) is 5.55. The van der Waals surface area contributed by atoms with Crippen molar-refractivity contribution >= 4 is 29.4 Å². The first-order valence-electron chi connectivity index (χ1n) is 14.1. The highest BCUT2D eigenvalue weighted by Gasteiger charge is 2.25. The van der Waals surface area contributed by atoms with Gasteiger partial charge in [0, 0.05) is 12.7 Å². The number of carbonyl (C=O) groups is 2. The van der Waals surface area contributed by atoms with Gasteiger partial charge in [0.25, 0.3) is 5.91 Å². The lowest BCUT2D eigenvalue weighted by Crippen LogP contribution is -2.41. The van der Waals surface area contributed by atoms with Gasteiger partial charge in [0.15, 0.2) is 5.82 Å². The van der Waals surface area contributed by atoms with E-state index in [1.54, 1.807) is 7.11 Å². The lowest BCUT2D eigenvalue weighted by atomic mass is 9.95. The number of halogens is 1. The van der Waals surface area contributed by atoms with E-state index in [2.05, 4.69) is 50.7 Å². The molecule has 222 valence electrons. The molecule has 5 rings (SSSR count). The molecule has 0 bridgehead atoms. The lowest BCUT2D eigenvalue weighted by Gasteiger charge is -2.25.